The highest BCUT2D eigenvalue weighted by molar-refractivity contribution is 7.92. The van der Waals surface area contributed by atoms with Crippen molar-refractivity contribution in [1.29, 1.82) is 0 Å². The summed E-state index contributed by atoms with van der Waals surface area (Å²) in [5.41, 5.74) is 2.08. The van der Waals surface area contributed by atoms with Gasteiger partial charge in [0.2, 0.25) is 10.0 Å². The van der Waals surface area contributed by atoms with Crippen molar-refractivity contribution in [2.75, 3.05) is 10.5 Å². The lowest BCUT2D eigenvalue weighted by atomic mass is 10.2. The number of para-hydroxylation sites is 1. The number of aryl methyl sites for hydroxylation is 1. The van der Waals surface area contributed by atoms with Gasteiger partial charge in [0.05, 0.1) is 17.0 Å². The van der Waals surface area contributed by atoms with Crippen LogP contribution in [0.1, 0.15) is 12.6 Å². The number of pyridine rings is 1. The van der Waals surface area contributed by atoms with E-state index >= 15 is 0 Å². The van der Waals surface area contributed by atoms with Crippen LogP contribution in [0, 0.1) is 6.92 Å². The van der Waals surface area contributed by atoms with Crippen LogP contribution in [0.15, 0.2) is 30.3 Å². The fraction of sp³-hybridized carbons (Fsp3) is 0.250. The Morgan fingerprint density at radius 1 is 1.24 bits per heavy atom. The number of rotatable bonds is 3. The van der Waals surface area contributed by atoms with E-state index in [0.29, 0.717) is 11.2 Å². The molecule has 17 heavy (non-hydrogen) atoms. The Morgan fingerprint density at radius 3 is 2.71 bits per heavy atom. The van der Waals surface area contributed by atoms with E-state index in [1.807, 2.05) is 31.2 Å². The van der Waals surface area contributed by atoms with Crippen LogP contribution < -0.4 is 4.72 Å². The van der Waals surface area contributed by atoms with E-state index in [0.717, 1.165) is 11.1 Å². The van der Waals surface area contributed by atoms with Crippen molar-refractivity contribution in [3.63, 3.8) is 0 Å². The smallest absolute Gasteiger partial charge is 0.232 e. The minimum absolute atomic E-state index is 0.0508. The van der Waals surface area contributed by atoms with E-state index in [9.17, 15) is 8.42 Å². The molecule has 0 aliphatic heterocycles. The van der Waals surface area contributed by atoms with E-state index in [1.165, 1.54) is 0 Å². The monoisotopic (exact) mass is 250 g/mol. The average molecular weight is 250 g/mol. The van der Waals surface area contributed by atoms with E-state index in [2.05, 4.69) is 9.71 Å². The summed E-state index contributed by atoms with van der Waals surface area (Å²) in [5.74, 6) is 0.0508. The molecule has 1 aromatic carbocycles. The van der Waals surface area contributed by atoms with Gasteiger partial charge in [0.1, 0.15) is 0 Å². The highest BCUT2D eigenvalue weighted by Crippen LogP contribution is 2.22. The van der Waals surface area contributed by atoms with Gasteiger partial charge in [0, 0.05) is 11.1 Å². The summed E-state index contributed by atoms with van der Waals surface area (Å²) in [5, 5.41) is 0.923. The largest absolute Gasteiger partial charge is 0.281 e. The highest BCUT2D eigenvalue weighted by Gasteiger charge is 2.10. The lowest BCUT2D eigenvalue weighted by molar-refractivity contribution is 0.602. The maximum atomic E-state index is 11.6. The Labute approximate surface area is 101 Å². The van der Waals surface area contributed by atoms with Crippen LogP contribution >= 0.6 is 0 Å². The average Bonchev–Trinajstić information content (AvgIpc) is 2.30. The van der Waals surface area contributed by atoms with Crippen LogP contribution in [-0.2, 0) is 10.0 Å². The van der Waals surface area contributed by atoms with Crippen molar-refractivity contribution in [3.05, 3.63) is 36.0 Å². The molecule has 0 atom stereocenters. The summed E-state index contributed by atoms with van der Waals surface area (Å²) in [7, 11) is -3.27. The van der Waals surface area contributed by atoms with Crippen molar-refractivity contribution >= 4 is 26.6 Å². The standard InChI is InChI=1S/C12H14N2O2S/c1-3-17(15,16)14-11-6-4-5-10-8-7-9(2)13-12(10)11/h4-8,14H,3H2,1-2H3. The minimum Gasteiger partial charge on any atom is -0.281 e. The molecule has 0 radical (unpaired) electrons. The van der Waals surface area contributed by atoms with Crippen molar-refractivity contribution in [2.24, 2.45) is 0 Å². The van der Waals surface area contributed by atoms with Crippen molar-refractivity contribution in [3.8, 4) is 0 Å². The second-order valence-corrected chi connectivity index (χ2v) is 5.85. The quantitative estimate of drug-likeness (QED) is 0.909. The molecular weight excluding hydrogens is 236 g/mol. The molecule has 0 saturated carbocycles. The number of fused-ring (bicyclic) bond motifs is 1. The third-order valence-corrected chi connectivity index (χ3v) is 3.80. The maximum Gasteiger partial charge on any atom is 0.232 e. The summed E-state index contributed by atoms with van der Waals surface area (Å²) < 4.78 is 25.7. The second kappa shape index (κ2) is 4.33. The van der Waals surface area contributed by atoms with E-state index in [-0.39, 0.29) is 5.75 Å². The molecule has 2 rings (SSSR count). The number of sulfonamides is 1. The first-order valence-electron chi connectivity index (χ1n) is 5.39. The van der Waals surface area contributed by atoms with Crippen LogP contribution in [0.4, 0.5) is 5.69 Å². The molecule has 1 aromatic heterocycles. The zero-order valence-electron chi connectivity index (χ0n) is 9.77. The summed E-state index contributed by atoms with van der Waals surface area (Å²) in [4.78, 5) is 4.37. The second-order valence-electron chi connectivity index (χ2n) is 3.84. The molecule has 0 amide bonds. The summed E-state index contributed by atoms with van der Waals surface area (Å²) in [6.07, 6.45) is 0. The molecule has 0 saturated heterocycles. The number of nitrogens with one attached hydrogen (secondary N) is 1. The predicted molar refractivity (Wildman–Crippen MR) is 69.6 cm³/mol. The molecule has 0 bridgehead atoms. The number of anilines is 1. The Hall–Kier alpha value is -1.62. The Bertz CT molecular complexity index is 651. The number of hydrogen-bond acceptors (Lipinski definition) is 3. The van der Waals surface area contributed by atoms with Crippen molar-refractivity contribution < 1.29 is 8.42 Å². The Balaban J connectivity index is 2.58. The van der Waals surface area contributed by atoms with Gasteiger partial charge in [0.25, 0.3) is 0 Å². The fourth-order valence-electron chi connectivity index (χ4n) is 1.57. The third kappa shape index (κ3) is 2.55. The summed E-state index contributed by atoms with van der Waals surface area (Å²) in [6, 6.07) is 9.28. The van der Waals surface area contributed by atoms with Gasteiger partial charge in [-0.25, -0.2) is 8.42 Å². The number of benzene rings is 1. The molecule has 2 aromatic rings. The number of hydrogen-bond donors (Lipinski definition) is 1. The summed E-state index contributed by atoms with van der Waals surface area (Å²) >= 11 is 0. The number of aromatic nitrogens is 1. The van der Waals surface area contributed by atoms with Crippen molar-refractivity contribution in [1.82, 2.24) is 4.98 Å². The van der Waals surface area contributed by atoms with Gasteiger partial charge in [-0.1, -0.05) is 18.2 Å². The van der Waals surface area contributed by atoms with Gasteiger partial charge in [-0.2, -0.15) is 0 Å². The van der Waals surface area contributed by atoms with Crippen LogP contribution in [0.5, 0.6) is 0 Å². The predicted octanol–water partition coefficient (Wildman–Crippen LogP) is 2.30. The highest BCUT2D eigenvalue weighted by atomic mass is 32.2. The zero-order chi connectivity index (χ0) is 12.5. The van der Waals surface area contributed by atoms with Gasteiger partial charge >= 0.3 is 0 Å². The molecule has 90 valence electrons. The normalized spacial score (nSPS) is 11.6. The Morgan fingerprint density at radius 2 is 2.00 bits per heavy atom. The molecule has 0 unspecified atom stereocenters. The molecule has 0 fully saturated rings. The first-order valence-corrected chi connectivity index (χ1v) is 7.04. The minimum atomic E-state index is -3.27. The van der Waals surface area contributed by atoms with Gasteiger partial charge in [-0.15, -0.1) is 0 Å². The van der Waals surface area contributed by atoms with E-state index in [1.54, 1.807) is 13.0 Å². The molecule has 4 nitrogen and oxygen atoms in total. The van der Waals surface area contributed by atoms with Gasteiger partial charge in [0.15, 0.2) is 0 Å². The zero-order valence-corrected chi connectivity index (χ0v) is 10.6. The SMILES string of the molecule is CCS(=O)(=O)Nc1cccc2ccc(C)nc12. The van der Waals surface area contributed by atoms with Crippen molar-refractivity contribution in [2.45, 2.75) is 13.8 Å². The van der Waals surface area contributed by atoms with Crippen LogP contribution in [0.25, 0.3) is 10.9 Å². The molecule has 1 heterocycles. The number of nitrogens with zero attached hydrogens (tertiary/aromatic N) is 1. The first-order chi connectivity index (χ1) is 8.02. The van der Waals surface area contributed by atoms with E-state index < -0.39 is 10.0 Å². The molecular formula is C12H14N2O2S. The van der Waals surface area contributed by atoms with Crippen LogP contribution in [0.2, 0.25) is 0 Å². The first kappa shape index (κ1) is 11.9. The van der Waals surface area contributed by atoms with Gasteiger partial charge < -0.3 is 0 Å². The van der Waals surface area contributed by atoms with Crippen LogP contribution in [0.3, 0.4) is 0 Å². The third-order valence-electron chi connectivity index (χ3n) is 2.50. The summed E-state index contributed by atoms with van der Waals surface area (Å²) in [6.45, 7) is 3.48. The van der Waals surface area contributed by atoms with Crippen LogP contribution in [-0.4, -0.2) is 19.2 Å². The molecule has 0 aliphatic carbocycles. The fourth-order valence-corrected chi connectivity index (χ4v) is 2.21. The molecule has 0 spiro atoms. The van der Waals surface area contributed by atoms with Gasteiger partial charge in [-0.05, 0) is 26.0 Å². The van der Waals surface area contributed by atoms with E-state index in [4.69, 9.17) is 0 Å². The topological polar surface area (TPSA) is 59.1 Å². The molecule has 1 N–H and O–H groups in total. The molecule has 5 heteroatoms. The lowest BCUT2D eigenvalue weighted by Crippen LogP contribution is -2.15. The Kier molecular flexibility index (Phi) is 3.02. The van der Waals surface area contributed by atoms with Gasteiger partial charge in [-0.3, -0.25) is 9.71 Å². The lowest BCUT2D eigenvalue weighted by Gasteiger charge is -2.09. The molecule has 0 aliphatic rings. The maximum absolute atomic E-state index is 11.6.